The number of ether oxygens (including phenoxy) is 2. The number of carbonyl (C=O) groups excluding carboxylic acids is 1. The van der Waals surface area contributed by atoms with Crippen LogP contribution in [0.4, 0.5) is 18.9 Å². The number of hydrogen-bond donors (Lipinski definition) is 1. The molecule has 0 heterocycles. The molecule has 0 aliphatic rings. The molecule has 0 aliphatic carbocycles. The lowest BCUT2D eigenvalue weighted by Gasteiger charge is -2.18. The fourth-order valence-electron chi connectivity index (χ4n) is 2.84. The van der Waals surface area contributed by atoms with E-state index in [9.17, 15) is 18.0 Å². The molecule has 2 aromatic carbocycles. The lowest BCUT2D eigenvalue weighted by atomic mass is 10.2. The molecule has 10 heteroatoms. The van der Waals surface area contributed by atoms with Crippen LogP contribution in [0, 0.1) is 0 Å². The topological polar surface area (TPSA) is 50.8 Å². The van der Waals surface area contributed by atoms with E-state index in [1.807, 2.05) is 0 Å². The quantitative estimate of drug-likeness (QED) is 0.382. The number of benzene rings is 2. The van der Waals surface area contributed by atoms with Gasteiger partial charge in [-0.1, -0.05) is 37.0 Å². The Labute approximate surface area is 195 Å². The first-order chi connectivity index (χ1) is 15.1. The van der Waals surface area contributed by atoms with Gasteiger partial charge in [0.1, 0.15) is 11.5 Å². The molecule has 176 valence electrons. The van der Waals surface area contributed by atoms with Crippen molar-refractivity contribution in [2.24, 2.45) is 0 Å². The zero-order valence-corrected chi connectivity index (χ0v) is 19.3. The first-order valence-electron chi connectivity index (χ1n) is 10.1. The van der Waals surface area contributed by atoms with Crippen LogP contribution >= 0.6 is 23.2 Å². The van der Waals surface area contributed by atoms with E-state index in [1.165, 1.54) is 0 Å². The average Bonchev–Trinajstić information content (AvgIpc) is 2.73. The van der Waals surface area contributed by atoms with Gasteiger partial charge < -0.3 is 19.7 Å². The maximum absolute atomic E-state index is 12.7. The van der Waals surface area contributed by atoms with Crippen molar-refractivity contribution in [2.45, 2.75) is 26.4 Å². The van der Waals surface area contributed by atoms with Gasteiger partial charge in [0.05, 0.1) is 22.2 Å². The Bertz CT molecular complexity index is 906. The molecule has 0 aromatic heterocycles. The predicted molar refractivity (Wildman–Crippen MR) is 120 cm³/mol. The molecular formula is C22H25Cl2F3N2O3. The van der Waals surface area contributed by atoms with Crippen LogP contribution < -0.4 is 14.8 Å². The van der Waals surface area contributed by atoms with E-state index < -0.39 is 24.3 Å². The van der Waals surface area contributed by atoms with Crippen LogP contribution in [0.25, 0.3) is 0 Å². The highest BCUT2D eigenvalue weighted by Crippen LogP contribution is 2.34. The van der Waals surface area contributed by atoms with Crippen molar-refractivity contribution in [2.75, 3.05) is 38.2 Å². The summed E-state index contributed by atoms with van der Waals surface area (Å²) in [5.74, 6) is -0.0387. The Hall–Kier alpha value is -2.16. The standard InChI is InChI=1S/C22H25Cl2F3N2O3/c1-3-29(4-2)10-5-11-31-19-9-7-16(13-18(19)24)28-21(30)14-32-20-8-6-15(12-17(20)23)22(25,26)27/h6-9,12-13H,3-5,10-11,14H2,1-2H3,(H,28,30). The highest BCUT2D eigenvalue weighted by Gasteiger charge is 2.31. The smallest absolute Gasteiger partial charge is 0.416 e. The fourth-order valence-corrected chi connectivity index (χ4v) is 3.31. The van der Waals surface area contributed by atoms with Crippen molar-refractivity contribution < 1.29 is 27.4 Å². The molecule has 1 N–H and O–H groups in total. The lowest BCUT2D eigenvalue weighted by molar-refractivity contribution is -0.137. The predicted octanol–water partition coefficient (Wildman–Crippen LogP) is 6.14. The van der Waals surface area contributed by atoms with Crippen molar-refractivity contribution in [3.05, 3.63) is 52.0 Å². The van der Waals surface area contributed by atoms with Gasteiger partial charge in [0, 0.05) is 12.2 Å². The van der Waals surface area contributed by atoms with Gasteiger partial charge in [0.15, 0.2) is 6.61 Å². The summed E-state index contributed by atoms with van der Waals surface area (Å²) in [4.78, 5) is 14.4. The normalized spacial score (nSPS) is 11.5. The molecule has 0 fully saturated rings. The van der Waals surface area contributed by atoms with E-state index in [0.717, 1.165) is 44.3 Å². The molecule has 0 aliphatic heterocycles. The van der Waals surface area contributed by atoms with Crippen molar-refractivity contribution in [1.82, 2.24) is 4.90 Å². The van der Waals surface area contributed by atoms with E-state index in [4.69, 9.17) is 32.7 Å². The Morgan fingerprint density at radius 3 is 2.22 bits per heavy atom. The number of carbonyl (C=O) groups is 1. The van der Waals surface area contributed by atoms with Crippen molar-refractivity contribution in [3.8, 4) is 11.5 Å². The van der Waals surface area contributed by atoms with Gasteiger partial charge >= 0.3 is 6.18 Å². The largest absolute Gasteiger partial charge is 0.492 e. The molecule has 0 spiro atoms. The van der Waals surface area contributed by atoms with E-state index in [-0.39, 0.29) is 10.8 Å². The van der Waals surface area contributed by atoms with Crippen LogP contribution in [0.1, 0.15) is 25.8 Å². The molecule has 0 bridgehead atoms. The Balaban J connectivity index is 1.84. The van der Waals surface area contributed by atoms with Gasteiger partial charge in [-0.3, -0.25) is 4.79 Å². The Morgan fingerprint density at radius 1 is 1.00 bits per heavy atom. The highest BCUT2D eigenvalue weighted by molar-refractivity contribution is 6.32. The summed E-state index contributed by atoms with van der Waals surface area (Å²) in [6.45, 7) is 7.20. The van der Waals surface area contributed by atoms with Gasteiger partial charge in [-0.15, -0.1) is 0 Å². The molecular weight excluding hydrogens is 468 g/mol. The van der Waals surface area contributed by atoms with E-state index in [2.05, 4.69) is 24.1 Å². The third-order valence-corrected chi connectivity index (χ3v) is 5.20. The zero-order valence-electron chi connectivity index (χ0n) is 17.8. The molecule has 5 nitrogen and oxygen atoms in total. The molecule has 0 saturated carbocycles. The summed E-state index contributed by atoms with van der Waals surface area (Å²) in [7, 11) is 0. The van der Waals surface area contributed by atoms with Gasteiger partial charge in [-0.25, -0.2) is 0 Å². The number of anilines is 1. The molecule has 0 atom stereocenters. The highest BCUT2D eigenvalue weighted by atomic mass is 35.5. The summed E-state index contributed by atoms with van der Waals surface area (Å²) in [6.07, 6.45) is -3.65. The van der Waals surface area contributed by atoms with Crippen LogP contribution in [-0.2, 0) is 11.0 Å². The third-order valence-electron chi connectivity index (χ3n) is 4.60. The maximum atomic E-state index is 12.7. The monoisotopic (exact) mass is 492 g/mol. The van der Waals surface area contributed by atoms with Gasteiger partial charge in [-0.05, 0) is 55.9 Å². The zero-order chi connectivity index (χ0) is 23.7. The average molecular weight is 493 g/mol. The van der Waals surface area contributed by atoms with E-state index >= 15 is 0 Å². The Morgan fingerprint density at radius 2 is 1.62 bits per heavy atom. The second-order valence-corrected chi connectivity index (χ2v) is 7.67. The summed E-state index contributed by atoms with van der Waals surface area (Å²) < 4.78 is 49.0. The molecule has 32 heavy (non-hydrogen) atoms. The van der Waals surface area contributed by atoms with E-state index in [1.54, 1.807) is 18.2 Å². The van der Waals surface area contributed by atoms with Gasteiger partial charge in [0.25, 0.3) is 5.91 Å². The second-order valence-electron chi connectivity index (χ2n) is 6.85. The number of amides is 1. The SMILES string of the molecule is CCN(CC)CCCOc1ccc(NC(=O)COc2ccc(C(F)(F)F)cc2Cl)cc1Cl. The van der Waals surface area contributed by atoms with Crippen LogP contribution in [0.2, 0.25) is 10.0 Å². The molecule has 2 rings (SSSR count). The molecule has 0 radical (unpaired) electrons. The number of alkyl halides is 3. The third kappa shape index (κ3) is 8.07. The van der Waals surface area contributed by atoms with Crippen LogP contribution in [0.5, 0.6) is 11.5 Å². The summed E-state index contributed by atoms with van der Waals surface area (Å²) in [5.41, 5.74) is -0.470. The molecule has 0 unspecified atom stereocenters. The molecule has 1 amide bonds. The first kappa shape index (κ1) is 26.1. The van der Waals surface area contributed by atoms with Crippen molar-refractivity contribution in [1.29, 1.82) is 0 Å². The number of rotatable bonds is 11. The second kappa shape index (κ2) is 12.2. The van der Waals surface area contributed by atoms with Crippen LogP contribution in [0.3, 0.4) is 0 Å². The van der Waals surface area contributed by atoms with E-state index in [0.29, 0.717) is 23.1 Å². The van der Waals surface area contributed by atoms with Crippen molar-refractivity contribution >= 4 is 34.8 Å². The summed E-state index contributed by atoms with van der Waals surface area (Å²) >= 11 is 12.0. The first-order valence-corrected chi connectivity index (χ1v) is 10.8. The summed E-state index contributed by atoms with van der Waals surface area (Å²) in [5, 5.41) is 2.71. The van der Waals surface area contributed by atoms with Crippen LogP contribution in [0.15, 0.2) is 36.4 Å². The minimum Gasteiger partial charge on any atom is -0.492 e. The Kier molecular flexibility index (Phi) is 9.93. The number of halogens is 5. The number of nitrogens with one attached hydrogen (secondary N) is 1. The number of hydrogen-bond acceptors (Lipinski definition) is 4. The lowest BCUT2D eigenvalue weighted by Crippen LogP contribution is -2.25. The van der Waals surface area contributed by atoms with Gasteiger partial charge in [0.2, 0.25) is 0 Å². The minimum atomic E-state index is -4.51. The summed E-state index contributed by atoms with van der Waals surface area (Å²) in [6, 6.07) is 7.48. The molecule has 0 saturated heterocycles. The maximum Gasteiger partial charge on any atom is 0.416 e. The number of nitrogens with zero attached hydrogens (tertiary/aromatic N) is 1. The van der Waals surface area contributed by atoms with Crippen molar-refractivity contribution in [3.63, 3.8) is 0 Å². The van der Waals surface area contributed by atoms with Crippen LogP contribution in [-0.4, -0.2) is 43.7 Å². The molecule has 2 aromatic rings. The fraction of sp³-hybridized carbons (Fsp3) is 0.409. The van der Waals surface area contributed by atoms with Gasteiger partial charge in [-0.2, -0.15) is 13.2 Å². The minimum absolute atomic E-state index is 0.0266.